The number of anilines is 3. The van der Waals surface area contributed by atoms with E-state index in [4.69, 9.17) is 17.3 Å². The predicted octanol–water partition coefficient (Wildman–Crippen LogP) is 5.87. The third-order valence-electron chi connectivity index (χ3n) is 4.80. The zero-order chi connectivity index (χ0) is 20.2. The molecular weight excluding hydrogens is 382 g/mol. The molecule has 1 aromatic heterocycles. The third kappa shape index (κ3) is 3.82. The van der Waals surface area contributed by atoms with Gasteiger partial charge in [0.15, 0.2) is 0 Å². The summed E-state index contributed by atoms with van der Waals surface area (Å²) in [7, 11) is 0. The van der Waals surface area contributed by atoms with Crippen LogP contribution in [0.4, 0.5) is 17.1 Å². The van der Waals surface area contributed by atoms with Crippen molar-refractivity contribution in [3.05, 3.63) is 83.9 Å². The van der Waals surface area contributed by atoms with Crippen LogP contribution in [0.3, 0.4) is 0 Å². The van der Waals surface area contributed by atoms with Crippen LogP contribution in [0.15, 0.2) is 73.3 Å². The van der Waals surface area contributed by atoms with E-state index in [2.05, 4.69) is 34.5 Å². The lowest BCUT2D eigenvalue weighted by molar-refractivity contribution is 0.842. The van der Waals surface area contributed by atoms with E-state index < -0.39 is 0 Å². The van der Waals surface area contributed by atoms with Gasteiger partial charge in [0.25, 0.3) is 0 Å². The van der Waals surface area contributed by atoms with Crippen LogP contribution in [0, 0.1) is 0 Å². The van der Waals surface area contributed by atoms with Crippen molar-refractivity contribution in [1.82, 2.24) is 14.8 Å². The molecule has 29 heavy (non-hydrogen) atoms. The van der Waals surface area contributed by atoms with Crippen LogP contribution in [0.1, 0.15) is 18.9 Å². The number of para-hydroxylation sites is 1. The van der Waals surface area contributed by atoms with Crippen LogP contribution >= 0.6 is 11.6 Å². The van der Waals surface area contributed by atoms with Gasteiger partial charge in [-0.2, -0.15) is 5.10 Å². The summed E-state index contributed by atoms with van der Waals surface area (Å²) in [5, 5.41) is 8.56. The fraction of sp³-hybridized carbons (Fsp3) is 0.130. The second-order valence-electron chi connectivity index (χ2n) is 6.78. The molecule has 146 valence electrons. The molecule has 0 amide bonds. The molecule has 1 heterocycles. The van der Waals surface area contributed by atoms with Gasteiger partial charge in [-0.05, 0) is 30.2 Å². The van der Waals surface area contributed by atoms with Gasteiger partial charge in [-0.25, -0.2) is 9.67 Å². The second kappa shape index (κ2) is 8.37. The third-order valence-corrected chi connectivity index (χ3v) is 5.13. The maximum Gasteiger partial charge on any atom is 0.138 e. The van der Waals surface area contributed by atoms with Crippen molar-refractivity contribution in [3.63, 3.8) is 0 Å². The Kier molecular flexibility index (Phi) is 5.49. The Labute approximate surface area is 175 Å². The maximum atomic E-state index is 6.53. The average molecular weight is 404 g/mol. The summed E-state index contributed by atoms with van der Waals surface area (Å²) in [6.07, 6.45) is 4.97. The molecule has 3 aromatic carbocycles. The van der Waals surface area contributed by atoms with Crippen molar-refractivity contribution in [1.29, 1.82) is 0 Å². The minimum atomic E-state index is 0.655. The molecule has 0 unspecified atom stereocenters. The van der Waals surface area contributed by atoms with Gasteiger partial charge in [0.05, 0.1) is 27.8 Å². The van der Waals surface area contributed by atoms with Gasteiger partial charge in [-0.15, -0.1) is 0 Å². The van der Waals surface area contributed by atoms with Crippen molar-refractivity contribution in [2.75, 3.05) is 11.1 Å². The number of nitrogen functional groups attached to an aromatic ring is 1. The number of rotatable bonds is 6. The summed E-state index contributed by atoms with van der Waals surface area (Å²) < 4.78 is 1.73. The van der Waals surface area contributed by atoms with Gasteiger partial charge in [0, 0.05) is 11.1 Å². The lowest BCUT2D eigenvalue weighted by atomic mass is 9.94. The zero-order valence-electron chi connectivity index (χ0n) is 16.1. The molecule has 4 aromatic rings. The summed E-state index contributed by atoms with van der Waals surface area (Å²) in [6, 6.07) is 19.9. The molecule has 5 nitrogen and oxygen atoms in total. The normalized spacial score (nSPS) is 10.8. The number of halogens is 1. The van der Waals surface area contributed by atoms with Gasteiger partial charge >= 0.3 is 0 Å². The Balaban J connectivity index is 2.00. The highest BCUT2D eigenvalue weighted by molar-refractivity contribution is 6.33. The molecule has 6 heteroatoms. The van der Waals surface area contributed by atoms with Crippen molar-refractivity contribution in [3.8, 4) is 16.8 Å². The molecule has 0 radical (unpaired) electrons. The van der Waals surface area contributed by atoms with E-state index in [1.54, 1.807) is 11.0 Å². The number of nitrogens with one attached hydrogen (secondary N) is 1. The molecule has 0 aliphatic rings. The zero-order valence-corrected chi connectivity index (χ0v) is 16.9. The summed E-state index contributed by atoms with van der Waals surface area (Å²) in [5.41, 5.74) is 13.0. The van der Waals surface area contributed by atoms with E-state index in [1.165, 1.54) is 6.33 Å². The summed E-state index contributed by atoms with van der Waals surface area (Å²) in [4.78, 5) is 4.10. The highest BCUT2D eigenvalue weighted by atomic mass is 35.5. The SMILES string of the molecule is CCCc1c(Nc2ccccc2Cl)c(-c2ccccc2)cc(N)c1-n1cncn1. The Bertz CT molecular complexity index is 1110. The average Bonchev–Trinajstić information content (AvgIpc) is 3.26. The number of aromatic nitrogens is 3. The quantitative estimate of drug-likeness (QED) is 0.395. The Hall–Kier alpha value is -3.31. The van der Waals surface area contributed by atoms with Gasteiger partial charge in [-0.1, -0.05) is 67.4 Å². The number of hydrogen-bond donors (Lipinski definition) is 2. The van der Waals surface area contributed by atoms with Crippen LogP contribution in [0.5, 0.6) is 0 Å². The van der Waals surface area contributed by atoms with Gasteiger partial charge in [0.1, 0.15) is 12.7 Å². The highest BCUT2D eigenvalue weighted by Crippen LogP contribution is 2.41. The Morgan fingerprint density at radius 1 is 1.07 bits per heavy atom. The van der Waals surface area contributed by atoms with Gasteiger partial charge < -0.3 is 11.1 Å². The first kappa shape index (κ1) is 19.0. The summed E-state index contributed by atoms with van der Waals surface area (Å²) in [5.74, 6) is 0. The van der Waals surface area contributed by atoms with Crippen molar-refractivity contribution in [2.24, 2.45) is 0 Å². The number of nitrogens with zero attached hydrogens (tertiary/aromatic N) is 3. The van der Waals surface area contributed by atoms with Crippen molar-refractivity contribution < 1.29 is 0 Å². The molecule has 0 fully saturated rings. The molecule has 0 bridgehead atoms. The molecule has 0 aliphatic heterocycles. The Morgan fingerprint density at radius 2 is 1.83 bits per heavy atom. The fourth-order valence-electron chi connectivity index (χ4n) is 3.52. The summed E-state index contributed by atoms with van der Waals surface area (Å²) >= 11 is 6.46. The fourth-order valence-corrected chi connectivity index (χ4v) is 3.71. The van der Waals surface area contributed by atoms with Gasteiger partial charge in [0.2, 0.25) is 0 Å². The summed E-state index contributed by atoms with van der Waals surface area (Å²) in [6.45, 7) is 2.15. The first-order valence-corrected chi connectivity index (χ1v) is 9.94. The largest absolute Gasteiger partial charge is 0.397 e. The van der Waals surface area contributed by atoms with E-state index in [0.29, 0.717) is 10.7 Å². The van der Waals surface area contributed by atoms with E-state index in [1.807, 2.05) is 48.5 Å². The first-order chi connectivity index (χ1) is 14.2. The van der Waals surface area contributed by atoms with Crippen LogP contribution in [0.25, 0.3) is 16.8 Å². The number of hydrogen-bond acceptors (Lipinski definition) is 4. The number of nitrogens with two attached hydrogens (primary N) is 1. The molecule has 0 atom stereocenters. The second-order valence-corrected chi connectivity index (χ2v) is 7.18. The molecule has 0 aliphatic carbocycles. The van der Waals surface area contributed by atoms with E-state index >= 15 is 0 Å². The highest BCUT2D eigenvalue weighted by Gasteiger charge is 2.20. The first-order valence-electron chi connectivity index (χ1n) is 9.56. The van der Waals surface area contributed by atoms with Crippen LogP contribution in [-0.4, -0.2) is 14.8 Å². The van der Waals surface area contributed by atoms with E-state index in [9.17, 15) is 0 Å². The molecule has 4 rings (SSSR count). The lowest BCUT2D eigenvalue weighted by Gasteiger charge is -2.22. The molecule has 0 spiro atoms. The molecular formula is C23H22ClN5. The van der Waals surface area contributed by atoms with E-state index in [0.717, 1.165) is 46.6 Å². The van der Waals surface area contributed by atoms with Gasteiger partial charge in [-0.3, -0.25) is 0 Å². The van der Waals surface area contributed by atoms with Crippen molar-refractivity contribution >= 4 is 28.7 Å². The standard InChI is InChI=1S/C23H22ClN5/c1-2-8-17-22(28-21-12-7-6-11-19(21)24)18(16-9-4-3-5-10-16)13-20(25)23(17)29-15-26-14-27-29/h3-7,9-15,28H,2,8,25H2,1H3. The molecule has 0 saturated carbocycles. The maximum absolute atomic E-state index is 6.53. The van der Waals surface area contributed by atoms with Crippen molar-refractivity contribution in [2.45, 2.75) is 19.8 Å². The smallest absolute Gasteiger partial charge is 0.138 e. The van der Waals surface area contributed by atoms with Crippen LogP contribution in [0.2, 0.25) is 5.02 Å². The topological polar surface area (TPSA) is 68.8 Å². The minimum absolute atomic E-state index is 0.655. The van der Waals surface area contributed by atoms with E-state index in [-0.39, 0.29) is 0 Å². The molecule has 0 saturated heterocycles. The minimum Gasteiger partial charge on any atom is -0.397 e. The lowest BCUT2D eigenvalue weighted by Crippen LogP contribution is -2.10. The predicted molar refractivity (Wildman–Crippen MR) is 120 cm³/mol. The monoisotopic (exact) mass is 403 g/mol. The van der Waals surface area contributed by atoms with Crippen LogP contribution < -0.4 is 11.1 Å². The van der Waals surface area contributed by atoms with Crippen LogP contribution in [-0.2, 0) is 6.42 Å². The Morgan fingerprint density at radius 3 is 2.52 bits per heavy atom. The molecule has 3 N–H and O–H groups in total. The number of benzene rings is 3.